The van der Waals surface area contributed by atoms with E-state index in [0.29, 0.717) is 12.1 Å². The molecule has 0 bridgehead atoms. The molecule has 6 nitrogen and oxygen atoms in total. The Balaban J connectivity index is 1.38. The first-order valence-corrected chi connectivity index (χ1v) is 11.4. The number of carbonyl (C=O) groups excluding carboxylic acids is 1. The van der Waals surface area contributed by atoms with Gasteiger partial charge in [-0.3, -0.25) is 4.90 Å². The van der Waals surface area contributed by atoms with Gasteiger partial charge in [-0.05, 0) is 65.4 Å². The topological polar surface area (TPSA) is 57.7 Å². The van der Waals surface area contributed by atoms with Crippen LogP contribution in [-0.4, -0.2) is 46.4 Å². The van der Waals surface area contributed by atoms with Crippen LogP contribution in [0.4, 0.5) is 15.0 Å². The van der Waals surface area contributed by atoms with Gasteiger partial charge in [-0.1, -0.05) is 12.8 Å². The molecule has 1 aromatic heterocycles. The molecule has 0 atom stereocenters. The van der Waals surface area contributed by atoms with Crippen molar-refractivity contribution in [2.75, 3.05) is 11.6 Å². The Kier molecular flexibility index (Phi) is 6.19. The zero-order chi connectivity index (χ0) is 21.3. The highest BCUT2D eigenvalue weighted by Gasteiger charge is 2.35. The van der Waals surface area contributed by atoms with Gasteiger partial charge >= 0.3 is 6.09 Å². The second kappa shape index (κ2) is 8.69. The second-order valence-corrected chi connectivity index (χ2v) is 10.1. The molecule has 2 fully saturated rings. The number of amides is 1. The highest BCUT2D eigenvalue weighted by Crippen LogP contribution is 2.36. The number of pyridine rings is 1. The van der Waals surface area contributed by atoms with Crippen LogP contribution in [0.2, 0.25) is 0 Å². The van der Waals surface area contributed by atoms with Crippen LogP contribution in [-0.2, 0) is 11.3 Å². The lowest BCUT2D eigenvalue weighted by molar-refractivity contribution is 0.0472. The summed E-state index contributed by atoms with van der Waals surface area (Å²) in [6.07, 6.45) is 9.87. The summed E-state index contributed by atoms with van der Waals surface area (Å²) in [5.74, 6) is 0.715. The van der Waals surface area contributed by atoms with Crippen molar-refractivity contribution in [2.24, 2.45) is 0 Å². The third-order valence-corrected chi connectivity index (χ3v) is 6.59. The standard InChI is InChI=1S/C23H35FN4O2/c1-23(2,3)30-22(29)26-18-8-10-19(11-9-18)27-14-16-12-17(24)13-25-21(16)28(15-27)20-6-4-5-7-20/h12-13,18-20H,4-11,14-15H2,1-3H3,(H,26,29). The molecular formula is C23H35FN4O2. The molecule has 2 heterocycles. The van der Waals surface area contributed by atoms with E-state index in [4.69, 9.17) is 4.74 Å². The van der Waals surface area contributed by atoms with E-state index < -0.39 is 5.60 Å². The van der Waals surface area contributed by atoms with Gasteiger partial charge in [0.25, 0.3) is 0 Å². The average Bonchev–Trinajstić information content (AvgIpc) is 3.20. The Morgan fingerprint density at radius 2 is 1.83 bits per heavy atom. The summed E-state index contributed by atoms with van der Waals surface area (Å²) in [6.45, 7) is 7.26. The van der Waals surface area contributed by atoms with Gasteiger partial charge in [-0.15, -0.1) is 0 Å². The fourth-order valence-corrected chi connectivity index (χ4v) is 5.19. The zero-order valence-corrected chi connectivity index (χ0v) is 18.5. The number of nitrogens with zero attached hydrogens (tertiary/aromatic N) is 3. The molecule has 0 aromatic carbocycles. The van der Waals surface area contributed by atoms with E-state index >= 15 is 0 Å². The van der Waals surface area contributed by atoms with Crippen molar-refractivity contribution in [3.05, 3.63) is 23.6 Å². The molecule has 1 N–H and O–H groups in total. The Morgan fingerprint density at radius 1 is 1.13 bits per heavy atom. The van der Waals surface area contributed by atoms with Gasteiger partial charge < -0.3 is 15.0 Å². The Hall–Kier alpha value is -1.89. The second-order valence-electron chi connectivity index (χ2n) is 10.1. The summed E-state index contributed by atoms with van der Waals surface area (Å²) in [7, 11) is 0. The third-order valence-electron chi connectivity index (χ3n) is 6.59. The van der Waals surface area contributed by atoms with E-state index in [1.54, 1.807) is 6.07 Å². The molecular weight excluding hydrogens is 383 g/mol. The van der Waals surface area contributed by atoms with Gasteiger partial charge in [0.15, 0.2) is 0 Å². The van der Waals surface area contributed by atoms with Crippen molar-refractivity contribution in [1.82, 2.24) is 15.2 Å². The van der Waals surface area contributed by atoms with Crippen LogP contribution >= 0.6 is 0 Å². The first kappa shape index (κ1) is 21.3. The Morgan fingerprint density at radius 3 is 2.50 bits per heavy atom. The number of carbonyl (C=O) groups is 1. The van der Waals surface area contributed by atoms with E-state index in [1.807, 2.05) is 20.8 Å². The molecule has 7 heteroatoms. The number of alkyl carbamates (subject to hydrolysis) is 1. The van der Waals surface area contributed by atoms with Crippen molar-refractivity contribution in [3.8, 4) is 0 Å². The van der Waals surface area contributed by atoms with Crippen molar-refractivity contribution in [3.63, 3.8) is 0 Å². The minimum Gasteiger partial charge on any atom is -0.444 e. The molecule has 166 valence electrons. The highest BCUT2D eigenvalue weighted by molar-refractivity contribution is 5.68. The molecule has 1 aromatic rings. The first-order chi connectivity index (χ1) is 14.3. The summed E-state index contributed by atoms with van der Waals surface area (Å²) in [6, 6.07) is 2.78. The smallest absolute Gasteiger partial charge is 0.407 e. The molecule has 2 aliphatic carbocycles. The molecule has 1 amide bonds. The van der Waals surface area contributed by atoms with Gasteiger partial charge in [0.2, 0.25) is 0 Å². The summed E-state index contributed by atoms with van der Waals surface area (Å²) < 4.78 is 19.3. The number of nitrogens with one attached hydrogen (secondary N) is 1. The van der Waals surface area contributed by atoms with Crippen LogP contribution in [0, 0.1) is 5.82 Å². The predicted octanol–water partition coefficient (Wildman–Crippen LogP) is 4.58. The van der Waals surface area contributed by atoms with Gasteiger partial charge in [-0.2, -0.15) is 0 Å². The normalized spacial score (nSPS) is 25.8. The third kappa shape index (κ3) is 5.05. The predicted molar refractivity (Wildman–Crippen MR) is 115 cm³/mol. The molecule has 2 saturated carbocycles. The molecule has 3 aliphatic rings. The van der Waals surface area contributed by atoms with E-state index in [-0.39, 0.29) is 18.0 Å². The summed E-state index contributed by atoms with van der Waals surface area (Å²) in [4.78, 5) is 21.4. The van der Waals surface area contributed by atoms with Crippen LogP contribution < -0.4 is 10.2 Å². The Bertz CT molecular complexity index is 752. The van der Waals surface area contributed by atoms with Crippen molar-refractivity contribution >= 4 is 11.9 Å². The van der Waals surface area contributed by atoms with E-state index in [9.17, 15) is 9.18 Å². The lowest BCUT2D eigenvalue weighted by atomic mass is 9.89. The van der Waals surface area contributed by atoms with Crippen LogP contribution in [0.15, 0.2) is 12.3 Å². The molecule has 0 radical (unpaired) electrons. The number of rotatable bonds is 3. The van der Waals surface area contributed by atoms with E-state index in [0.717, 1.165) is 50.3 Å². The summed E-state index contributed by atoms with van der Waals surface area (Å²) >= 11 is 0. The van der Waals surface area contributed by atoms with Gasteiger partial charge in [-0.25, -0.2) is 14.2 Å². The largest absolute Gasteiger partial charge is 0.444 e. The Labute approximate surface area is 179 Å². The monoisotopic (exact) mass is 418 g/mol. The van der Waals surface area contributed by atoms with Crippen LogP contribution in [0.1, 0.15) is 77.7 Å². The maximum atomic E-state index is 13.9. The van der Waals surface area contributed by atoms with Gasteiger partial charge in [0, 0.05) is 30.2 Å². The van der Waals surface area contributed by atoms with Crippen molar-refractivity contribution < 1.29 is 13.9 Å². The molecule has 0 saturated heterocycles. The van der Waals surface area contributed by atoms with Crippen LogP contribution in [0.25, 0.3) is 0 Å². The van der Waals surface area contributed by atoms with E-state index in [1.165, 1.54) is 31.9 Å². The maximum absolute atomic E-state index is 13.9. The molecule has 0 unspecified atom stereocenters. The molecule has 4 rings (SSSR count). The molecule has 1 aliphatic heterocycles. The first-order valence-electron chi connectivity index (χ1n) is 11.4. The quantitative estimate of drug-likeness (QED) is 0.779. The summed E-state index contributed by atoms with van der Waals surface area (Å²) in [5, 5.41) is 3.03. The fourth-order valence-electron chi connectivity index (χ4n) is 5.19. The number of ether oxygens (including phenoxy) is 1. The SMILES string of the molecule is CC(C)(C)OC(=O)NC1CCC(N2Cc3cc(F)cnc3N(C3CCCC3)C2)CC1. The minimum atomic E-state index is -0.477. The number of fused-ring (bicyclic) bond motifs is 1. The van der Waals surface area contributed by atoms with Crippen LogP contribution in [0.5, 0.6) is 0 Å². The van der Waals surface area contributed by atoms with Crippen molar-refractivity contribution in [1.29, 1.82) is 0 Å². The average molecular weight is 419 g/mol. The zero-order valence-electron chi connectivity index (χ0n) is 18.5. The van der Waals surface area contributed by atoms with Crippen LogP contribution in [0.3, 0.4) is 0 Å². The summed E-state index contributed by atoms with van der Waals surface area (Å²) in [5.41, 5.74) is 0.525. The lowest BCUT2D eigenvalue weighted by Crippen LogP contribution is -2.52. The number of hydrogen-bond donors (Lipinski definition) is 1. The number of anilines is 1. The molecule has 30 heavy (non-hydrogen) atoms. The molecule has 0 spiro atoms. The minimum absolute atomic E-state index is 0.165. The fraction of sp³-hybridized carbons (Fsp3) is 0.739. The van der Waals surface area contributed by atoms with Crippen molar-refractivity contribution in [2.45, 2.75) is 102 Å². The van der Waals surface area contributed by atoms with E-state index in [2.05, 4.69) is 20.1 Å². The number of aromatic nitrogens is 1. The maximum Gasteiger partial charge on any atom is 0.407 e. The highest BCUT2D eigenvalue weighted by atomic mass is 19.1. The van der Waals surface area contributed by atoms with Gasteiger partial charge in [0.1, 0.15) is 17.2 Å². The number of hydrogen-bond acceptors (Lipinski definition) is 5. The van der Waals surface area contributed by atoms with Gasteiger partial charge in [0.05, 0.1) is 12.9 Å². The number of halogens is 1. The lowest BCUT2D eigenvalue weighted by Gasteiger charge is -2.45.